The summed E-state index contributed by atoms with van der Waals surface area (Å²) in [5, 5.41) is 0.757. The molecule has 0 bridgehead atoms. The van der Waals surface area contributed by atoms with E-state index in [0.29, 0.717) is 5.75 Å². The Kier molecular flexibility index (Phi) is 4.47. The Morgan fingerprint density at radius 1 is 1.00 bits per heavy atom. The lowest BCUT2D eigenvalue weighted by atomic mass is 9.87. The number of rotatable bonds is 2. The van der Waals surface area contributed by atoms with Crippen LogP contribution in [-0.2, 0) is 18.3 Å². The number of hydrogen-bond donors (Lipinski definition) is 0. The molecule has 0 aliphatic heterocycles. The highest BCUT2D eigenvalue weighted by Crippen LogP contribution is 2.32. The fourth-order valence-corrected chi connectivity index (χ4v) is 3.42. The molecule has 3 heteroatoms. The summed E-state index contributed by atoms with van der Waals surface area (Å²) in [5.41, 5.74) is 3.62. The minimum absolute atomic E-state index is 0.0868. The lowest BCUT2D eigenvalue weighted by molar-refractivity contribution is 0.442. The lowest BCUT2D eigenvalue weighted by Gasteiger charge is -2.21. The standard InChI is InChI=1S/C20H24FOP/c1-20(2,3)15-11-17(21)19(18(23)12-15)22-16-9-8-13-6-4-5-7-14(13)10-16/h8-12H,4-7,23H2,1-3H3. The smallest absolute Gasteiger partial charge is 0.170 e. The van der Waals surface area contributed by atoms with Crippen molar-refractivity contribution in [2.75, 3.05) is 0 Å². The van der Waals surface area contributed by atoms with Crippen LogP contribution in [0.1, 0.15) is 50.3 Å². The Labute approximate surface area is 140 Å². The number of aryl methyl sites for hydroxylation is 2. The van der Waals surface area contributed by atoms with Crippen LogP contribution in [0.2, 0.25) is 0 Å². The topological polar surface area (TPSA) is 9.23 Å². The van der Waals surface area contributed by atoms with Gasteiger partial charge >= 0.3 is 0 Å². The number of benzene rings is 2. The molecule has 2 aromatic carbocycles. The van der Waals surface area contributed by atoms with Crippen molar-refractivity contribution in [2.45, 2.75) is 51.9 Å². The van der Waals surface area contributed by atoms with E-state index in [2.05, 4.69) is 42.1 Å². The van der Waals surface area contributed by atoms with Gasteiger partial charge in [-0.25, -0.2) is 4.39 Å². The first kappa shape index (κ1) is 16.5. The normalized spacial score (nSPS) is 14.5. The fourth-order valence-electron chi connectivity index (χ4n) is 3.05. The van der Waals surface area contributed by atoms with Gasteiger partial charge in [0.15, 0.2) is 11.6 Å². The van der Waals surface area contributed by atoms with E-state index in [1.54, 1.807) is 6.07 Å². The summed E-state index contributed by atoms with van der Waals surface area (Å²) >= 11 is 0. The van der Waals surface area contributed by atoms with E-state index >= 15 is 0 Å². The zero-order valence-corrected chi connectivity index (χ0v) is 15.2. The molecule has 1 unspecified atom stereocenters. The van der Waals surface area contributed by atoms with E-state index in [0.717, 1.165) is 29.5 Å². The van der Waals surface area contributed by atoms with Crippen molar-refractivity contribution in [3.05, 3.63) is 52.8 Å². The SMILES string of the molecule is CC(C)(C)c1cc(F)c(Oc2ccc3c(c2)CCCC3)c(P)c1. The highest BCUT2D eigenvalue weighted by Gasteiger charge is 2.19. The van der Waals surface area contributed by atoms with Gasteiger partial charge in [0.25, 0.3) is 0 Å². The molecule has 0 saturated heterocycles. The maximum atomic E-state index is 14.5. The van der Waals surface area contributed by atoms with Crippen molar-refractivity contribution in [3.8, 4) is 11.5 Å². The average Bonchev–Trinajstić information content (AvgIpc) is 2.49. The highest BCUT2D eigenvalue weighted by atomic mass is 31.0. The molecule has 1 aliphatic carbocycles. The molecule has 0 amide bonds. The van der Waals surface area contributed by atoms with Gasteiger partial charge in [-0.2, -0.15) is 0 Å². The van der Waals surface area contributed by atoms with Gasteiger partial charge < -0.3 is 4.74 Å². The molecule has 0 heterocycles. The third-order valence-electron chi connectivity index (χ3n) is 4.48. The van der Waals surface area contributed by atoms with Crippen LogP contribution >= 0.6 is 9.24 Å². The molecule has 23 heavy (non-hydrogen) atoms. The van der Waals surface area contributed by atoms with Crippen molar-refractivity contribution in [1.29, 1.82) is 0 Å². The summed E-state index contributed by atoms with van der Waals surface area (Å²) in [4.78, 5) is 0. The minimum atomic E-state index is -0.305. The van der Waals surface area contributed by atoms with E-state index in [4.69, 9.17) is 4.74 Å². The van der Waals surface area contributed by atoms with Gasteiger partial charge in [-0.3, -0.25) is 0 Å². The summed E-state index contributed by atoms with van der Waals surface area (Å²) in [6.45, 7) is 6.24. The maximum absolute atomic E-state index is 14.5. The Bertz CT molecular complexity index is 708. The number of fused-ring (bicyclic) bond motifs is 1. The Hall–Kier alpha value is -1.40. The third kappa shape index (κ3) is 3.58. The Morgan fingerprint density at radius 3 is 2.35 bits per heavy atom. The highest BCUT2D eigenvalue weighted by molar-refractivity contribution is 7.27. The molecule has 0 spiro atoms. The fraction of sp³-hybridized carbons (Fsp3) is 0.400. The lowest BCUT2D eigenvalue weighted by Crippen LogP contribution is -2.15. The van der Waals surface area contributed by atoms with Crippen LogP contribution in [0.3, 0.4) is 0 Å². The second kappa shape index (κ2) is 6.24. The van der Waals surface area contributed by atoms with Gasteiger partial charge in [-0.15, -0.1) is 9.24 Å². The van der Waals surface area contributed by atoms with Gasteiger partial charge in [0, 0.05) is 5.30 Å². The second-order valence-corrected chi connectivity index (χ2v) is 7.99. The molecule has 1 nitrogen and oxygen atoms in total. The summed E-state index contributed by atoms with van der Waals surface area (Å²) in [5.74, 6) is 0.718. The molecule has 1 atom stereocenters. The zero-order chi connectivity index (χ0) is 16.6. The predicted octanol–water partition coefficient (Wildman–Crippen LogP) is 5.29. The van der Waals surface area contributed by atoms with E-state index in [1.807, 2.05) is 12.1 Å². The third-order valence-corrected chi connectivity index (χ3v) is 4.91. The van der Waals surface area contributed by atoms with Gasteiger partial charge in [-0.05, 0) is 72.1 Å². The van der Waals surface area contributed by atoms with Crippen LogP contribution in [0.5, 0.6) is 11.5 Å². The maximum Gasteiger partial charge on any atom is 0.170 e. The summed E-state index contributed by atoms with van der Waals surface area (Å²) in [6.07, 6.45) is 4.71. The van der Waals surface area contributed by atoms with Crippen molar-refractivity contribution < 1.29 is 9.13 Å². The van der Waals surface area contributed by atoms with Gasteiger partial charge in [0.2, 0.25) is 0 Å². The van der Waals surface area contributed by atoms with E-state index < -0.39 is 0 Å². The summed E-state index contributed by atoms with van der Waals surface area (Å²) in [6, 6.07) is 9.71. The molecule has 0 N–H and O–H groups in total. The van der Waals surface area contributed by atoms with Crippen LogP contribution in [0.4, 0.5) is 4.39 Å². The van der Waals surface area contributed by atoms with Crippen molar-refractivity contribution >= 4 is 14.5 Å². The second-order valence-electron chi connectivity index (χ2n) is 7.37. The molecule has 0 saturated carbocycles. The average molecular weight is 330 g/mol. The van der Waals surface area contributed by atoms with Crippen LogP contribution in [0.15, 0.2) is 30.3 Å². The van der Waals surface area contributed by atoms with Gasteiger partial charge in [0.1, 0.15) is 5.75 Å². The molecule has 1 aliphatic rings. The minimum Gasteiger partial charge on any atom is -0.454 e. The molecule has 122 valence electrons. The monoisotopic (exact) mass is 330 g/mol. The summed E-state index contributed by atoms with van der Waals surface area (Å²) in [7, 11) is 2.60. The molecular weight excluding hydrogens is 306 g/mol. The largest absolute Gasteiger partial charge is 0.454 e. The Morgan fingerprint density at radius 2 is 1.70 bits per heavy atom. The molecule has 0 radical (unpaired) electrons. The molecule has 0 fully saturated rings. The van der Waals surface area contributed by atoms with Crippen molar-refractivity contribution in [3.63, 3.8) is 0 Å². The molecule has 3 rings (SSSR count). The molecular formula is C20H24FOP. The van der Waals surface area contributed by atoms with Crippen LogP contribution < -0.4 is 10.0 Å². The van der Waals surface area contributed by atoms with Crippen LogP contribution in [-0.4, -0.2) is 0 Å². The van der Waals surface area contributed by atoms with E-state index in [1.165, 1.54) is 24.0 Å². The van der Waals surface area contributed by atoms with E-state index in [-0.39, 0.29) is 11.2 Å². The first-order chi connectivity index (χ1) is 10.8. The van der Waals surface area contributed by atoms with Gasteiger partial charge in [0.05, 0.1) is 0 Å². The predicted molar refractivity (Wildman–Crippen MR) is 97.6 cm³/mol. The molecule has 0 aromatic heterocycles. The number of ether oxygens (including phenoxy) is 1. The Balaban J connectivity index is 1.91. The first-order valence-corrected chi connectivity index (χ1v) is 8.81. The van der Waals surface area contributed by atoms with Crippen molar-refractivity contribution in [2.24, 2.45) is 0 Å². The van der Waals surface area contributed by atoms with Gasteiger partial charge in [-0.1, -0.05) is 26.8 Å². The summed E-state index contributed by atoms with van der Waals surface area (Å²) < 4.78 is 20.4. The first-order valence-electron chi connectivity index (χ1n) is 8.24. The quantitative estimate of drug-likeness (QED) is 0.679. The van der Waals surface area contributed by atoms with Crippen molar-refractivity contribution in [1.82, 2.24) is 0 Å². The van der Waals surface area contributed by atoms with Crippen LogP contribution in [0.25, 0.3) is 0 Å². The van der Waals surface area contributed by atoms with Crippen LogP contribution in [0, 0.1) is 5.82 Å². The molecule has 2 aromatic rings. The number of halogens is 1. The number of hydrogen-bond acceptors (Lipinski definition) is 1. The zero-order valence-electron chi connectivity index (χ0n) is 14.1. The van der Waals surface area contributed by atoms with E-state index in [9.17, 15) is 4.39 Å².